The number of ether oxygens (including phenoxy) is 1. The van der Waals surface area contributed by atoms with Crippen LogP contribution in [0.1, 0.15) is 41.3 Å². The lowest BCUT2D eigenvalue weighted by Gasteiger charge is -2.07. The van der Waals surface area contributed by atoms with Crippen molar-refractivity contribution in [2.75, 3.05) is 0 Å². The second-order valence-corrected chi connectivity index (χ2v) is 5.38. The number of benzene rings is 2. The Bertz CT molecular complexity index is 838. The fraction of sp³-hybridized carbons (Fsp3) is 0.200. The minimum Gasteiger partial charge on any atom is -0.423 e. The standard InChI is InChI=1S/C20H17F2NO2/c1-2-3-4-5-6-14-7-10-17(19(22)11-14)20(24)25-16-9-8-15(13-23)18(21)12-16/h3-4,7-12H,2,5-6H2,1H3. The zero-order valence-electron chi connectivity index (χ0n) is 13.8. The van der Waals surface area contributed by atoms with E-state index in [1.165, 1.54) is 24.3 Å². The molecule has 0 aliphatic carbocycles. The molecule has 0 saturated carbocycles. The van der Waals surface area contributed by atoms with Gasteiger partial charge in [-0.2, -0.15) is 5.26 Å². The van der Waals surface area contributed by atoms with Crippen molar-refractivity contribution in [1.29, 1.82) is 5.26 Å². The summed E-state index contributed by atoms with van der Waals surface area (Å²) in [6.45, 7) is 2.04. The minimum absolute atomic E-state index is 0.0883. The van der Waals surface area contributed by atoms with E-state index in [0.717, 1.165) is 24.5 Å². The molecule has 128 valence electrons. The van der Waals surface area contributed by atoms with Crippen LogP contribution in [0.3, 0.4) is 0 Å². The highest BCUT2D eigenvalue weighted by Crippen LogP contribution is 2.19. The van der Waals surface area contributed by atoms with E-state index in [-0.39, 0.29) is 16.9 Å². The second-order valence-electron chi connectivity index (χ2n) is 5.38. The molecule has 0 saturated heterocycles. The van der Waals surface area contributed by atoms with E-state index in [9.17, 15) is 13.6 Å². The summed E-state index contributed by atoms with van der Waals surface area (Å²) in [7, 11) is 0. The van der Waals surface area contributed by atoms with E-state index in [2.05, 4.69) is 0 Å². The summed E-state index contributed by atoms with van der Waals surface area (Å²) in [6.07, 6.45) is 6.48. The van der Waals surface area contributed by atoms with Crippen LogP contribution in [0.4, 0.5) is 8.78 Å². The number of esters is 1. The van der Waals surface area contributed by atoms with E-state index in [4.69, 9.17) is 10.00 Å². The normalized spacial score (nSPS) is 10.6. The van der Waals surface area contributed by atoms with Crippen LogP contribution in [0.15, 0.2) is 48.6 Å². The molecule has 0 bridgehead atoms. The molecule has 3 nitrogen and oxygen atoms in total. The molecule has 0 fully saturated rings. The molecule has 2 rings (SSSR count). The van der Waals surface area contributed by atoms with Crippen LogP contribution in [0, 0.1) is 23.0 Å². The van der Waals surface area contributed by atoms with Crippen molar-refractivity contribution in [2.24, 2.45) is 0 Å². The van der Waals surface area contributed by atoms with E-state index >= 15 is 0 Å². The molecular formula is C20H17F2NO2. The highest BCUT2D eigenvalue weighted by Gasteiger charge is 2.15. The monoisotopic (exact) mass is 341 g/mol. The number of allylic oxidation sites excluding steroid dienone is 2. The lowest BCUT2D eigenvalue weighted by atomic mass is 10.1. The van der Waals surface area contributed by atoms with Crippen molar-refractivity contribution in [3.8, 4) is 11.8 Å². The van der Waals surface area contributed by atoms with Gasteiger partial charge in [-0.05, 0) is 49.1 Å². The molecule has 0 radical (unpaired) electrons. The van der Waals surface area contributed by atoms with Crippen LogP contribution >= 0.6 is 0 Å². The molecule has 2 aromatic rings. The van der Waals surface area contributed by atoms with Gasteiger partial charge in [-0.1, -0.05) is 25.1 Å². The van der Waals surface area contributed by atoms with E-state index in [1.54, 1.807) is 12.1 Å². The van der Waals surface area contributed by atoms with Gasteiger partial charge in [0.2, 0.25) is 0 Å². The van der Waals surface area contributed by atoms with Crippen molar-refractivity contribution in [2.45, 2.75) is 26.2 Å². The summed E-state index contributed by atoms with van der Waals surface area (Å²) in [6, 6.07) is 9.39. The molecule has 0 spiro atoms. The highest BCUT2D eigenvalue weighted by atomic mass is 19.1. The molecule has 0 aliphatic rings. The molecule has 0 aliphatic heterocycles. The second kappa shape index (κ2) is 8.74. The van der Waals surface area contributed by atoms with E-state index < -0.39 is 17.6 Å². The van der Waals surface area contributed by atoms with Gasteiger partial charge < -0.3 is 4.74 Å². The Morgan fingerprint density at radius 1 is 1.16 bits per heavy atom. The molecule has 0 atom stereocenters. The van der Waals surface area contributed by atoms with Crippen molar-refractivity contribution in [3.63, 3.8) is 0 Å². The molecule has 25 heavy (non-hydrogen) atoms. The third-order valence-corrected chi connectivity index (χ3v) is 3.53. The van der Waals surface area contributed by atoms with Gasteiger partial charge in [-0.15, -0.1) is 0 Å². The van der Waals surface area contributed by atoms with Gasteiger partial charge >= 0.3 is 5.97 Å². The van der Waals surface area contributed by atoms with Gasteiger partial charge in [0.1, 0.15) is 23.5 Å². The third-order valence-electron chi connectivity index (χ3n) is 3.53. The number of carbonyl (C=O) groups is 1. The van der Waals surface area contributed by atoms with Gasteiger partial charge in [-0.3, -0.25) is 0 Å². The number of nitriles is 1. The lowest BCUT2D eigenvalue weighted by Crippen LogP contribution is -2.11. The van der Waals surface area contributed by atoms with Crippen LogP contribution in [0.2, 0.25) is 0 Å². The first-order valence-electron chi connectivity index (χ1n) is 7.90. The summed E-state index contributed by atoms with van der Waals surface area (Å²) in [5.74, 6) is -2.49. The largest absolute Gasteiger partial charge is 0.423 e. The fourth-order valence-corrected chi connectivity index (χ4v) is 2.23. The lowest BCUT2D eigenvalue weighted by molar-refractivity contribution is 0.0729. The molecule has 2 aromatic carbocycles. The number of aryl methyl sites for hydroxylation is 1. The van der Waals surface area contributed by atoms with Gasteiger partial charge in [0.25, 0.3) is 0 Å². The van der Waals surface area contributed by atoms with Gasteiger partial charge in [-0.25, -0.2) is 13.6 Å². The van der Waals surface area contributed by atoms with Crippen LogP contribution < -0.4 is 4.74 Å². The predicted octanol–water partition coefficient (Wildman–Crippen LogP) is 4.95. The SMILES string of the molecule is CCC=CCCc1ccc(C(=O)Oc2ccc(C#N)c(F)c2)c(F)c1. The minimum atomic E-state index is -0.918. The number of nitrogens with zero attached hydrogens (tertiary/aromatic N) is 1. The van der Waals surface area contributed by atoms with E-state index in [0.29, 0.717) is 6.42 Å². The van der Waals surface area contributed by atoms with Gasteiger partial charge in [0, 0.05) is 6.07 Å². The summed E-state index contributed by atoms with van der Waals surface area (Å²) in [5.41, 5.74) is 0.393. The highest BCUT2D eigenvalue weighted by molar-refractivity contribution is 5.91. The Morgan fingerprint density at radius 3 is 2.60 bits per heavy atom. The van der Waals surface area contributed by atoms with Crippen LogP contribution in [0.25, 0.3) is 0 Å². The van der Waals surface area contributed by atoms with Crippen LogP contribution in [-0.2, 0) is 6.42 Å². The maximum atomic E-state index is 14.1. The van der Waals surface area contributed by atoms with Crippen molar-refractivity contribution in [1.82, 2.24) is 0 Å². The predicted molar refractivity (Wildman–Crippen MR) is 90.2 cm³/mol. The Labute approximate surface area is 145 Å². The maximum absolute atomic E-state index is 14.1. The number of halogens is 2. The quantitative estimate of drug-likeness (QED) is 0.424. The van der Waals surface area contributed by atoms with Crippen molar-refractivity contribution in [3.05, 3.63) is 76.9 Å². The number of hydrogen-bond donors (Lipinski definition) is 0. The Kier molecular flexibility index (Phi) is 6.41. The average Bonchev–Trinajstić information content (AvgIpc) is 2.59. The molecule has 0 N–H and O–H groups in total. The van der Waals surface area contributed by atoms with Crippen molar-refractivity contribution < 1.29 is 18.3 Å². The van der Waals surface area contributed by atoms with E-state index in [1.807, 2.05) is 19.1 Å². The first-order chi connectivity index (χ1) is 12.0. The summed E-state index contributed by atoms with van der Waals surface area (Å²) in [5, 5.41) is 8.67. The number of carbonyl (C=O) groups excluding carboxylic acids is 1. The van der Waals surface area contributed by atoms with Crippen LogP contribution in [-0.4, -0.2) is 5.97 Å². The summed E-state index contributed by atoms with van der Waals surface area (Å²) in [4.78, 5) is 12.1. The summed E-state index contributed by atoms with van der Waals surface area (Å²) < 4.78 is 32.6. The molecule has 0 heterocycles. The number of hydrogen-bond acceptors (Lipinski definition) is 3. The zero-order valence-corrected chi connectivity index (χ0v) is 13.8. The average molecular weight is 341 g/mol. The molecule has 0 unspecified atom stereocenters. The molecule has 0 aromatic heterocycles. The molecule has 0 amide bonds. The van der Waals surface area contributed by atoms with Crippen LogP contribution in [0.5, 0.6) is 5.75 Å². The molecular weight excluding hydrogens is 324 g/mol. The van der Waals surface area contributed by atoms with Gasteiger partial charge in [0.05, 0.1) is 11.1 Å². The Morgan fingerprint density at radius 2 is 1.96 bits per heavy atom. The van der Waals surface area contributed by atoms with Gasteiger partial charge in [0.15, 0.2) is 0 Å². The topological polar surface area (TPSA) is 50.1 Å². The third kappa shape index (κ3) is 4.98. The van der Waals surface area contributed by atoms with Crippen molar-refractivity contribution >= 4 is 5.97 Å². The number of rotatable bonds is 6. The summed E-state index contributed by atoms with van der Waals surface area (Å²) >= 11 is 0. The fourth-order valence-electron chi connectivity index (χ4n) is 2.23. The smallest absolute Gasteiger partial charge is 0.346 e. The Balaban J connectivity index is 2.08. The zero-order chi connectivity index (χ0) is 18.2. The molecule has 5 heteroatoms. The Hall–Kier alpha value is -3.00. The first kappa shape index (κ1) is 18.3. The maximum Gasteiger partial charge on any atom is 0.346 e. The first-order valence-corrected chi connectivity index (χ1v) is 7.90.